The third-order valence-corrected chi connectivity index (χ3v) is 9.47. The second-order valence-electron chi connectivity index (χ2n) is 11.5. The van der Waals surface area contributed by atoms with E-state index in [-0.39, 0.29) is 34.7 Å². The average Bonchev–Trinajstić information content (AvgIpc) is 3.90. The topological polar surface area (TPSA) is 84.5 Å². The lowest BCUT2D eigenvalue weighted by Gasteiger charge is -2.17. The SMILES string of the molecule is O=C(Nc1ccc(F)c(CC(=O)C2(COC(F)(F)F)CC2)c1F)c1cc(NC(=O)[C@H]2[C@H](c3ccc(F)c(C(F)(F)F)c3)C2(Cl)Cl)ccc1Cl. The molecule has 0 radical (unpaired) electrons. The highest BCUT2D eigenvalue weighted by Gasteiger charge is 2.67. The van der Waals surface area contributed by atoms with Gasteiger partial charge in [0.2, 0.25) is 5.91 Å². The summed E-state index contributed by atoms with van der Waals surface area (Å²) in [4.78, 5) is 38.9. The molecule has 2 saturated carbocycles. The van der Waals surface area contributed by atoms with E-state index >= 15 is 4.39 Å². The molecule has 0 unspecified atom stereocenters. The first kappa shape index (κ1) is 36.7. The van der Waals surface area contributed by atoms with Gasteiger partial charge in [0.15, 0.2) is 5.82 Å². The minimum absolute atomic E-state index is 0.0242. The Labute approximate surface area is 285 Å². The zero-order valence-corrected chi connectivity index (χ0v) is 26.5. The Bertz CT molecular complexity index is 1850. The van der Waals surface area contributed by atoms with Crippen LogP contribution in [0, 0.1) is 28.8 Å². The van der Waals surface area contributed by atoms with Gasteiger partial charge in [-0.25, -0.2) is 13.2 Å². The van der Waals surface area contributed by atoms with Crippen LogP contribution in [-0.4, -0.2) is 34.9 Å². The molecule has 0 aromatic heterocycles. The van der Waals surface area contributed by atoms with Crippen molar-refractivity contribution in [1.29, 1.82) is 0 Å². The number of nitrogens with one attached hydrogen (secondary N) is 2. The van der Waals surface area contributed by atoms with Crippen molar-refractivity contribution in [2.75, 3.05) is 17.2 Å². The van der Waals surface area contributed by atoms with E-state index in [1.54, 1.807) is 0 Å². The van der Waals surface area contributed by atoms with Crippen molar-refractivity contribution in [2.45, 2.75) is 42.1 Å². The molecule has 3 aromatic carbocycles. The standard InChI is InChI=1S/C31H20Cl3F9N2O4/c32-18-3-2-14(44-27(48)24-23(29(24,33)34)13-1-4-20(36)17(9-13)30(38,39)40)10-15(18)26(47)45-21-6-5-19(35)16(25(21)37)11-22(46)28(7-8-28)12-49-31(41,42)43/h1-6,9-10,23-24H,7-8,11-12H2,(H,44,48)(H,45,47)/t23-,24+/m0/s1. The van der Waals surface area contributed by atoms with Gasteiger partial charge in [-0.05, 0) is 60.9 Å². The summed E-state index contributed by atoms with van der Waals surface area (Å²) in [5.41, 5.74) is -5.11. The van der Waals surface area contributed by atoms with Gasteiger partial charge in [-0.1, -0.05) is 17.7 Å². The number of carbonyl (C=O) groups is 3. The molecule has 0 heterocycles. The van der Waals surface area contributed by atoms with Crippen LogP contribution in [0.25, 0.3) is 0 Å². The van der Waals surface area contributed by atoms with Crippen LogP contribution in [0.2, 0.25) is 5.02 Å². The van der Waals surface area contributed by atoms with E-state index in [0.717, 1.165) is 24.3 Å². The molecular weight excluding hydrogens is 742 g/mol. The van der Waals surface area contributed by atoms with Crippen LogP contribution >= 0.6 is 34.8 Å². The quantitative estimate of drug-likeness (QED) is 0.160. The largest absolute Gasteiger partial charge is 0.522 e. The van der Waals surface area contributed by atoms with E-state index in [9.17, 15) is 49.5 Å². The normalized spacial score (nSPS) is 19.3. The third-order valence-electron chi connectivity index (χ3n) is 8.20. The zero-order valence-electron chi connectivity index (χ0n) is 24.3. The summed E-state index contributed by atoms with van der Waals surface area (Å²) in [6.45, 7) is -1.01. The number of carbonyl (C=O) groups excluding carboxylic acids is 3. The maximum Gasteiger partial charge on any atom is 0.522 e. The molecular formula is C31H20Cl3F9N2O4. The number of hydrogen-bond acceptors (Lipinski definition) is 4. The highest BCUT2D eigenvalue weighted by atomic mass is 35.5. The molecule has 0 saturated heterocycles. The van der Waals surface area contributed by atoms with Gasteiger partial charge in [0.1, 0.15) is 21.8 Å². The van der Waals surface area contributed by atoms with Crippen molar-refractivity contribution in [3.63, 3.8) is 0 Å². The first-order valence-corrected chi connectivity index (χ1v) is 15.1. The second kappa shape index (κ2) is 13.0. The van der Waals surface area contributed by atoms with Gasteiger partial charge >= 0.3 is 12.5 Å². The Morgan fingerprint density at radius 3 is 2.14 bits per heavy atom. The van der Waals surface area contributed by atoms with Crippen LogP contribution < -0.4 is 10.6 Å². The number of halogens is 12. The molecule has 2 aliphatic carbocycles. The maximum absolute atomic E-state index is 15.3. The lowest BCUT2D eigenvalue weighted by atomic mass is 9.95. The molecule has 262 valence electrons. The van der Waals surface area contributed by atoms with Crippen LogP contribution in [0.3, 0.4) is 0 Å². The van der Waals surface area contributed by atoms with E-state index in [1.165, 1.54) is 12.1 Å². The fourth-order valence-corrected chi connectivity index (χ4v) is 6.32. The molecule has 18 heteroatoms. The highest BCUT2D eigenvalue weighted by Crippen LogP contribution is 2.65. The first-order valence-electron chi connectivity index (χ1n) is 14.0. The highest BCUT2D eigenvalue weighted by molar-refractivity contribution is 6.53. The van der Waals surface area contributed by atoms with Gasteiger partial charge in [-0.3, -0.25) is 19.1 Å². The average molecular weight is 762 g/mol. The van der Waals surface area contributed by atoms with Gasteiger partial charge in [0, 0.05) is 23.6 Å². The van der Waals surface area contributed by atoms with Gasteiger partial charge in [0.25, 0.3) is 5.91 Å². The summed E-state index contributed by atoms with van der Waals surface area (Å²) in [6, 6.07) is 7.13. The Morgan fingerprint density at radius 2 is 1.53 bits per heavy atom. The summed E-state index contributed by atoms with van der Waals surface area (Å²) in [5.74, 6) is -9.41. The van der Waals surface area contributed by atoms with Gasteiger partial charge in [0.05, 0.1) is 39.8 Å². The van der Waals surface area contributed by atoms with Crippen molar-refractivity contribution in [3.8, 4) is 0 Å². The smallest absolute Gasteiger partial charge is 0.326 e. The van der Waals surface area contributed by atoms with Crippen LogP contribution in [0.5, 0.6) is 0 Å². The van der Waals surface area contributed by atoms with E-state index in [4.69, 9.17) is 34.8 Å². The van der Waals surface area contributed by atoms with Gasteiger partial charge in [-0.2, -0.15) is 13.2 Å². The second-order valence-corrected chi connectivity index (χ2v) is 13.4. The summed E-state index contributed by atoms with van der Waals surface area (Å²) >= 11 is 18.6. The minimum Gasteiger partial charge on any atom is -0.326 e. The number of Topliss-reactive ketones (excluding diaryl/α,β-unsaturated/α-hetero) is 1. The summed E-state index contributed by atoms with van der Waals surface area (Å²) in [5, 5.41) is 4.37. The Balaban J connectivity index is 1.29. The van der Waals surface area contributed by atoms with Gasteiger partial charge < -0.3 is 10.6 Å². The van der Waals surface area contributed by atoms with Crippen molar-refractivity contribution in [1.82, 2.24) is 0 Å². The monoisotopic (exact) mass is 760 g/mol. The van der Waals surface area contributed by atoms with Crippen molar-refractivity contribution >= 4 is 63.8 Å². The van der Waals surface area contributed by atoms with E-state index in [2.05, 4.69) is 15.4 Å². The lowest BCUT2D eigenvalue weighted by molar-refractivity contribution is -0.328. The molecule has 0 spiro atoms. The lowest BCUT2D eigenvalue weighted by Crippen LogP contribution is -2.28. The predicted octanol–water partition coefficient (Wildman–Crippen LogP) is 8.98. The van der Waals surface area contributed by atoms with E-state index in [1.807, 2.05) is 0 Å². The number of ether oxygens (including phenoxy) is 1. The van der Waals surface area contributed by atoms with Gasteiger partial charge in [-0.15, -0.1) is 36.4 Å². The zero-order chi connectivity index (χ0) is 36.3. The summed E-state index contributed by atoms with van der Waals surface area (Å²) in [6.07, 6.45) is -10.9. The minimum atomic E-state index is -5.03. The number of alkyl halides is 8. The van der Waals surface area contributed by atoms with Crippen LogP contribution in [0.1, 0.15) is 45.8 Å². The molecule has 2 aliphatic rings. The summed E-state index contributed by atoms with van der Waals surface area (Å²) in [7, 11) is 0. The van der Waals surface area contributed by atoms with Crippen molar-refractivity contribution in [3.05, 3.63) is 93.3 Å². The van der Waals surface area contributed by atoms with Crippen LogP contribution in [-0.2, 0) is 26.9 Å². The maximum atomic E-state index is 15.3. The fourth-order valence-electron chi connectivity index (χ4n) is 5.29. The number of rotatable bonds is 10. The Morgan fingerprint density at radius 1 is 0.878 bits per heavy atom. The third kappa shape index (κ3) is 7.79. The molecule has 6 nitrogen and oxygen atoms in total. The molecule has 49 heavy (non-hydrogen) atoms. The molecule has 0 bridgehead atoms. The molecule has 3 aromatic rings. The molecule has 2 atom stereocenters. The molecule has 2 N–H and O–H groups in total. The molecule has 0 aliphatic heterocycles. The number of amides is 2. The first-order chi connectivity index (χ1) is 22.6. The number of hydrogen-bond donors (Lipinski definition) is 2. The Hall–Kier alpha value is -3.53. The Kier molecular flexibility index (Phi) is 9.73. The number of anilines is 2. The molecule has 5 rings (SSSR count). The van der Waals surface area contributed by atoms with Crippen molar-refractivity contribution in [2.24, 2.45) is 11.3 Å². The van der Waals surface area contributed by atoms with Crippen molar-refractivity contribution < 1.29 is 58.6 Å². The summed E-state index contributed by atoms with van der Waals surface area (Å²) < 4.78 is 123. The van der Waals surface area contributed by atoms with E-state index in [0.29, 0.717) is 12.1 Å². The van der Waals surface area contributed by atoms with Crippen LogP contribution in [0.15, 0.2) is 48.5 Å². The predicted molar refractivity (Wildman–Crippen MR) is 159 cm³/mol. The number of ketones is 1. The van der Waals surface area contributed by atoms with E-state index < -0.39 is 99.0 Å². The molecule has 2 amide bonds. The molecule has 2 fully saturated rings. The fraction of sp³-hybridized carbons (Fsp3) is 0.323. The number of benzene rings is 3. The van der Waals surface area contributed by atoms with Crippen LogP contribution in [0.4, 0.5) is 50.9 Å².